The molecule has 0 rings (SSSR count). The van der Waals surface area contributed by atoms with Crippen LogP contribution >= 0.6 is 0 Å². The van der Waals surface area contributed by atoms with Crippen molar-refractivity contribution in [2.45, 2.75) is 39.7 Å². The Hall–Kier alpha value is -0.660. The van der Waals surface area contributed by atoms with Gasteiger partial charge in [0.15, 0.2) is 0 Å². The molecular weight excluding hydrogens is 232 g/mol. The van der Waals surface area contributed by atoms with Gasteiger partial charge in [-0.05, 0) is 26.7 Å². The third-order valence-electron chi connectivity index (χ3n) is 1.59. The minimum absolute atomic E-state index is 0.0575. The van der Waals surface area contributed by atoms with Crippen LogP contribution in [0.15, 0.2) is 0 Å². The zero-order chi connectivity index (χ0) is 13.0. The molecule has 0 heterocycles. The summed E-state index contributed by atoms with van der Waals surface area (Å²) in [5, 5.41) is 8.51. The van der Waals surface area contributed by atoms with E-state index in [1.165, 1.54) is 0 Å². The summed E-state index contributed by atoms with van der Waals surface area (Å²) < 4.78 is 27.7. The summed E-state index contributed by atoms with van der Waals surface area (Å²) in [6.45, 7) is 6.97. The van der Waals surface area contributed by atoms with Crippen LogP contribution in [0.1, 0.15) is 34.1 Å². The van der Waals surface area contributed by atoms with E-state index in [0.29, 0.717) is 0 Å². The number of nitrogens with one attached hydrogen (secondary N) is 2. The third-order valence-corrected chi connectivity index (χ3v) is 3.01. The summed E-state index contributed by atoms with van der Waals surface area (Å²) in [6.07, 6.45) is -0.0575. The molecular formula is C9H20N2O4S. The van der Waals surface area contributed by atoms with E-state index in [2.05, 4.69) is 9.44 Å². The van der Waals surface area contributed by atoms with Gasteiger partial charge in [-0.2, -0.15) is 13.1 Å². The van der Waals surface area contributed by atoms with Crippen molar-refractivity contribution >= 4 is 16.2 Å². The van der Waals surface area contributed by atoms with Crippen LogP contribution in [0.2, 0.25) is 0 Å². The number of carboxylic acids is 1. The van der Waals surface area contributed by atoms with E-state index in [-0.39, 0.29) is 18.9 Å². The molecule has 0 saturated heterocycles. The van der Waals surface area contributed by atoms with Gasteiger partial charge in [0.1, 0.15) is 0 Å². The Bertz CT molecular complexity index is 332. The van der Waals surface area contributed by atoms with Crippen LogP contribution in [0, 0.1) is 5.92 Å². The van der Waals surface area contributed by atoms with E-state index < -0.39 is 21.7 Å². The predicted molar refractivity (Wildman–Crippen MR) is 61.2 cm³/mol. The Morgan fingerprint density at radius 3 is 2.25 bits per heavy atom. The topological polar surface area (TPSA) is 95.5 Å². The molecule has 7 heteroatoms. The van der Waals surface area contributed by atoms with Crippen molar-refractivity contribution in [3.63, 3.8) is 0 Å². The van der Waals surface area contributed by atoms with Crippen molar-refractivity contribution in [2.75, 3.05) is 6.54 Å². The molecule has 1 atom stereocenters. The fourth-order valence-electron chi connectivity index (χ4n) is 1.06. The first-order valence-electron chi connectivity index (χ1n) is 5.02. The molecule has 0 spiro atoms. The highest BCUT2D eigenvalue weighted by molar-refractivity contribution is 7.87. The highest BCUT2D eigenvalue weighted by Gasteiger charge is 2.20. The Kier molecular flexibility index (Phi) is 5.37. The number of hydrogen-bond acceptors (Lipinski definition) is 3. The van der Waals surface area contributed by atoms with Gasteiger partial charge in [-0.25, -0.2) is 4.72 Å². The van der Waals surface area contributed by atoms with Crippen molar-refractivity contribution in [1.29, 1.82) is 0 Å². The van der Waals surface area contributed by atoms with E-state index in [4.69, 9.17) is 5.11 Å². The predicted octanol–water partition coefficient (Wildman–Crippen LogP) is 0.320. The lowest BCUT2D eigenvalue weighted by atomic mass is 10.1. The second-order valence-electron chi connectivity index (χ2n) is 4.91. The standard InChI is InChI=1S/C9H20N2O4S/c1-7(5-8(12)13)6-10-16(14,15)11-9(2,3)4/h7,10-11H,5-6H2,1-4H3,(H,12,13). The van der Waals surface area contributed by atoms with E-state index in [9.17, 15) is 13.2 Å². The average Bonchev–Trinajstić information content (AvgIpc) is 1.95. The monoisotopic (exact) mass is 252 g/mol. The summed E-state index contributed by atoms with van der Waals surface area (Å²) in [4.78, 5) is 10.4. The maximum Gasteiger partial charge on any atom is 0.303 e. The Balaban J connectivity index is 4.15. The molecule has 0 radical (unpaired) electrons. The zero-order valence-corrected chi connectivity index (χ0v) is 10.9. The van der Waals surface area contributed by atoms with Gasteiger partial charge < -0.3 is 5.11 Å². The van der Waals surface area contributed by atoms with Gasteiger partial charge in [-0.15, -0.1) is 0 Å². The van der Waals surface area contributed by atoms with Crippen LogP contribution in [-0.2, 0) is 15.0 Å². The Morgan fingerprint density at radius 1 is 1.38 bits per heavy atom. The summed E-state index contributed by atoms with van der Waals surface area (Å²) in [6, 6.07) is 0. The number of carboxylic acid groups (broad SMARTS) is 1. The number of rotatable bonds is 6. The lowest BCUT2D eigenvalue weighted by molar-refractivity contribution is -0.137. The molecule has 0 aliphatic carbocycles. The molecule has 0 aromatic rings. The molecule has 96 valence electrons. The second kappa shape index (κ2) is 5.60. The van der Waals surface area contributed by atoms with Crippen molar-refractivity contribution in [3.05, 3.63) is 0 Å². The van der Waals surface area contributed by atoms with Gasteiger partial charge in [0.2, 0.25) is 0 Å². The fraction of sp³-hybridized carbons (Fsp3) is 0.889. The van der Waals surface area contributed by atoms with Gasteiger partial charge in [-0.3, -0.25) is 4.79 Å². The van der Waals surface area contributed by atoms with E-state index in [0.717, 1.165) is 0 Å². The van der Waals surface area contributed by atoms with Crippen molar-refractivity contribution in [2.24, 2.45) is 5.92 Å². The van der Waals surface area contributed by atoms with Gasteiger partial charge in [0.05, 0.1) is 0 Å². The maximum atomic E-state index is 11.5. The lowest BCUT2D eigenvalue weighted by Crippen LogP contribution is -2.47. The summed E-state index contributed by atoms with van der Waals surface area (Å²) in [5.74, 6) is -1.18. The number of carbonyl (C=O) groups is 1. The highest BCUT2D eigenvalue weighted by Crippen LogP contribution is 2.03. The molecule has 0 saturated carbocycles. The first-order valence-corrected chi connectivity index (χ1v) is 6.50. The molecule has 0 amide bonds. The number of hydrogen-bond donors (Lipinski definition) is 3. The van der Waals surface area contributed by atoms with E-state index >= 15 is 0 Å². The van der Waals surface area contributed by atoms with Gasteiger partial charge in [-0.1, -0.05) is 6.92 Å². The highest BCUT2D eigenvalue weighted by atomic mass is 32.2. The lowest BCUT2D eigenvalue weighted by Gasteiger charge is -2.21. The minimum Gasteiger partial charge on any atom is -0.481 e. The first-order chi connectivity index (χ1) is 7.02. The van der Waals surface area contributed by atoms with Gasteiger partial charge >= 0.3 is 5.97 Å². The van der Waals surface area contributed by atoms with Crippen LogP contribution < -0.4 is 9.44 Å². The molecule has 0 aromatic heterocycles. The quantitative estimate of drug-likeness (QED) is 0.634. The van der Waals surface area contributed by atoms with Crippen LogP contribution in [0.5, 0.6) is 0 Å². The van der Waals surface area contributed by atoms with Crippen molar-refractivity contribution in [3.8, 4) is 0 Å². The normalized spacial score (nSPS) is 14.8. The van der Waals surface area contributed by atoms with Crippen molar-refractivity contribution < 1.29 is 18.3 Å². The summed E-state index contributed by atoms with van der Waals surface area (Å²) in [5.41, 5.74) is -0.554. The Morgan fingerprint density at radius 2 is 1.88 bits per heavy atom. The van der Waals surface area contributed by atoms with E-state index in [1.54, 1.807) is 27.7 Å². The fourth-order valence-corrected chi connectivity index (χ4v) is 2.44. The molecule has 1 unspecified atom stereocenters. The minimum atomic E-state index is -3.56. The summed E-state index contributed by atoms with van der Waals surface area (Å²) in [7, 11) is -3.56. The molecule has 0 bridgehead atoms. The Labute approximate surface area is 96.6 Å². The largest absolute Gasteiger partial charge is 0.481 e. The van der Waals surface area contributed by atoms with Crippen LogP contribution in [0.3, 0.4) is 0 Å². The maximum absolute atomic E-state index is 11.5. The average molecular weight is 252 g/mol. The molecule has 6 nitrogen and oxygen atoms in total. The summed E-state index contributed by atoms with van der Waals surface area (Å²) >= 11 is 0. The van der Waals surface area contributed by atoms with Crippen LogP contribution in [0.4, 0.5) is 0 Å². The van der Waals surface area contributed by atoms with Gasteiger partial charge in [0, 0.05) is 18.5 Å². The van der Waals surface area contributed by atoms with Gasteiger partial charge in [0.25, 0.3) is 10.2 Å². The number of aliphatic carboxylic acids is 1. The SMILES string of the molecule is CC(CNS(=O)(=O)NC(C)(C)C)CC(=O)O. The molecule has 16 heavy (non-hydrogen) atoms. The van der Waals surface area contributed by atoms with E-state index in [1.807, 2.05) is 0 Å². The van der Waals surface area contributed by atoms with Crippen molar-refractivity contribution in [1.82, 2.24) is 9.44 Å². The molecule has 0 aliphatic heterocycles. The molecule has 0 aromatic carbocycles. The third kappa shape index (κ3) is 8.63. The van der Waals surface area contributed by atoms with Crippen LogP contribution in [-0.4, -0.2) is 31.6 Å². The molecule has 0 aliphatic rings. The zero-order valence-electron chi connectivity index (χ0n) is 10.1. The second-order valence-corrected chi connectivity index (χ2v) is 6.41. The smallest absolute Gasteiger partial charge is 0.303 e. The van der Waals surface area contributed by atoms with Crippen LogP contribution in [0.25, 0.3) is 0 Å². The first kappa shape index (κ1) is 15.3. The molecule has 3 N–H and O–H groups in total. The molecule has 0 fully saturated rings.